The number of aromatic nitrogens is 1. The first kappa shape index (κ1) is 13.9. The van der Waals surface area contributed by atoms with Crippen LogP contribution in [0.1, 0.15) is 53.7 Å². The molecule has 1 saturated heterocycles. The molecule has 2 nitrogen and oxygen atoms in total. The van der Waals surface area contributed by atoms with Gasteiger partial charge in [-0.2, -0.15) is 11.8 Å². The zero-order valence-corrected chi connectivity index (χ0v) is 13.7. The summed E-state index contributed by atoms with van der Waals surface area (Å²) in [5.74, 6) is 0. The van der Waals surface area contributed by atoms with Crippen molar-refractivity contribution >= 4 is 23.1 Å². The maximum Gasteiger partial charge on any atom is 0.0900 e. The van der Waals surface area contributed by atoms with Crippen LogP contribution in [0.3, 0.4) is 0 Å². The highest BCUT2D eigenvalue weighted by Crippen LogP contribution is 2.39. The highest BCUT2D eigenvalue weighted by atomic mass is 32.2. The lowest BCUT2D eigenvalue weighted by Crippen LogP contribution is -2.34. The summed E-state index contributed by atoms with van der Waals surface area (Å²) in [6.07, 6.45) is 10.3. The fraction of sp³-hybridized carbons (Fsp3) is 0.800. The molecule has 1 aliphatic heterocycles. The van der Waals surface area contributed by atoms with Crippen molar-refractivity contribution in [2.24, 2.45) is 0 Å². The van der Waals surface area contributed by atoms with E-state index in [0.29, 0.717) is 6.04 Å². The van der Waals surface area contributed by atoms with Crippen molar-refractivity contribution in [1.82, 2.24) is 9.88 Å². The molecule has 0 spiro atoms. The fourth-order valence-corrected chi connectivity index (χ4v) is 5.36. The standard InChI is InChI=1S/C15H24N2S2/c1-11-16-13-7-5-8-14(15(13)19-11)17-9-4-3-6-12(10-17)18-2/h12,14H,3-10H2,1-2H3/t12-,14+/m0/s1. The van der Waals surface area contributed by atoms with E-state index in [1.807, 2.05) is 11.3 Å². The summed E-state index contributed by atoms with van der Waals surface area (Å²) in [4.78, 5) is 9.10. The van der Waals surface area contributed by atoms with Crippen molar-refractivity contribution in [3.05, 3.63) is 15.6 Å². The molecule has 1 fully saturated rings. The number of hydrogen-bond acceptors (Lipinski definition) is 4. The summed E-state index contributed by atoms with van der Waals surface area (Å²) in [6.45, 7) is 4.73. The van der Waals surface area contributed by atoms with E-state index in [1.54, 1.807) is 4.88 Å². The van der Waals surface area contributed by atoms with E-state index in [-0.39, 0.29) is 0 Å². The van der Waals surface area contributed by atoms with E-state index in [1.165, 1.54) is 62.3 Å². The van der Waals surface area contributed by atoms with Crippen molar-refractivity contribution in [3.8, 4) is 0 Å². The minimum atomic E-state index is 0.669. The van der Waals surface area contributed by atoms with Crippen LogP contribution in [-0.2, 0) is 6.42 Å². The molecule has 1 aromatic rings. The van der Waals surface area contributed by atoms with Crippen molar-refractivity contribution in [1.29, 1.82) is 0 Å². The van der Waals surface area contributed by atoms with Gasteiger partial charge in [-0.15, -0.1) is 11.3 Å². The zero-order chi connectivity index (χ0) is 13.2. The molecule has 0 bridgehead atoms. The maximum absolute atomic E-state index is 4.75. The van der Waals surface area contributed by atoms with Gasteiger partial charge in [-0.1, -0.05) is 6.42 Å². The minimum absolute atomic E-state index is 0.669. The molecule has 2 aliphatic rings. The zero-order valence-electron chi connectivity index (χ0n) is 12.0. The van der Waals surface area contributed by atoms with E-state index >= 15 is 0 Å². The van der Waals surface area contributed by atoms with Gasteiger partial charge in [0.15, 0.2) is 0 Å². The monoisotopic (exact) mass is 296 g/mol. The molecule has 19 heavy (non-hydrogen) atoms. The molecule has 0 aromatic carbocycles. The first-order valence-electron chi connectivity index (χ1n) is 7.51. The largest absolute Gasteiger partial charge is 0.294 e. The molecule has 0 unspecified atom stereocenters. The first-order chi connectivity index (χ1) is 9.28. The third-order valence-electron chi connectivity index (χ3n) is 4.46. The number of hydrogen-bond donors (Lipinski definition) is 0. The predicted octanol–water partition coefficient (Wildman–Crippen LogP) is 4.05. The van der Waals surface area contributed by atoms with Crippen molar-refractivity contribution in [3.63, 3.8) is 0 Å². The second-order valence-corrected chi connectivity index (χ2v) is 8.17. The number of thioether (sulfide) groups is 1. The Hall–Kier alpha value is -0.0600. The third kappa shape index (κ3) is 3.01. The number of aryl methyl sites for hydroxylation is 2. The molecule has 3 rings (SSSR count). The SMILES string of the molecule is CS[C@H]1CCCCN([C@@H]2CCCc3nc(C)sc32)C1. The predicted molar refractivity (Wildman–Crippen MR) is 85.3 cm³/mol. The van der Waals surface area contributed by atoms with Gasteiger partial charge >= 0.3 is 0 Å². The summed E-state index contributed by atoms with van der Waals surface area (Å²) in [7, 11) is 0. The number of fused-ring (bicyclic) bond motifs is 1. The van der Waals surface area contributed by atoms with Crippen molar-refractivity contribution in [2.75, 3.05) is 19.3 Å². The molecule has 106 valence electrons. The topological polar surface area (TPSA) is 16.1 Å². The van der Waals surface area contributed by atoms with E-state index in [9.17, 15) is 0 Å². The highest BCUT2D eigenvalue weighted by Gasteiger charge is 2.30. The Bertz CT molecular complexity index is 430. The molecule has 1 aromatic heterocycles. The van der Waals surface area contributed by atoms with Crippen LogP contribution in [0.15, 0.2) is 0 Å². The van der Waals surface area contributed by atoms with Crippen LogP contribution in [0, 0.1) is 6.92 Å². The molecular weight excluding hydrogens is 272 g/mol. The van der Waals surface area contributed by atoms with E-state index in [0.717, 1.165) is 5.25 Å². The van der Waals surface area contributed by atoms with Gasteiger partial charge in [0.25, 0.3) is 0 Å². The number of nitrogens with zero attached hydrogens (tertiary/aromatic N) is 2. The summed E-state index contributed by atoms with van der Waals surface area (Å²) in [5, 5.41) is 2.09. The van der Waals surface area contributed by atoms with Gasteiger partial charge in [0.2, 0.25) is 0 Å². The second-order valence-electron chi connectivity index (χ2n) is 5.80. The van der Waals surface area contributed by atoms with Gasteiger partial charge in [-0.3, -0.25) is 4.90 Å². The van der Waals surface area contributed by atoms with Gasteiger partial charge in [0, 0.05) is 22.7 Å². The Morgan fingerprint density at radius 3 is 3.00 bits per heavy atom. The fourth-order valence-electron chi connectivity index (χ4n) is 3.47. The summed E-state index contributed by atoms with van der Waals surface area (Å²) in [6, 6.07) is 0.669. The molecule has 2 atom stereocenters. The number of rotatable bonds is 2. The molecule has 4 heteroatoms. The average Bonchev–Trinajstić information content (AvgIpc) is 2.65. The Labute approximate surface area is 125 Å². The van der Waals surface area contributed by atoms with Crippen LogP contribution < -0.4 is 0 Å². The lowest BCUT2D eigenvalue weighted by atomic mass is 9.96. The molecular formula is C15H24N2S2. The molecule has 0 N–H and O–H groups in total. The highest BCUT2D eigenvalue weighted by molar-refractivity contribution is 7.99. The lowest BCUT2D eigenvalue weighted by Gasteiger charge is -2.34. The summed E-state index contributed by atoms with van der Waals surface area (Å²) in [5.41, 5.74) is 1.41. The minimum Gasteiger partial charge on any atom is -0.294 e. The summed E-state index contributed by atoms with van der Waals surface area (Å²) < 4.78 is 0. The van der Waals surface area contributed by atoms with Gasteiger partial charge in [-0.05, 0) is 51.8 Å². The van der Waals surface area contributed by atoms with E-state index < -0.39 is 0 Å². The lowest BCUT2D eigenvalue weighted by molar-refractivity contribution is 0.190. The van der Waals surface area contributed by atoms with Crippen molar-refractivity contribution in [2.45, 2.75) is 56.7 Å². The Balaban J connectivity index is 1.81. The normalized spacial score (nSPS) is 28.9. The van der Waals surface area contributed by atoms with Crippen LogP contribution in [0.4, 0.5) is 0 Å². The Morgan fingerprint density at radius 2 is 2.16 bits per heavy atom. The smallest absolute Gasteiger partial charge is 0.0900 e. The van der Waals surface area contributed by atoms with Crippen LogP contribution >= 0.6 is 23.1 Å². The van der Waals surface area contributed by atoms with Crippen LogP contribution in [-0.4, -0.2) is 34.5 Å². The van der Waals surface area contributed by atoms with Gasteiger partial charge in [0.05, 0.1) is 10.7 Å². The van der Waals surface area contributed by atoms with Gasteiger partial charge in [-0.25, -0.2) is 4.98 Å². The Morgan fingerprint density at radius 1 is 1.26 bits per heavy atom. The van der Waals surface area contributed by atoms with E-state index in [2.05, 4.69) is 29.8 Å². The summed E-state index contributed by atoms with van der Waals surface area (Å²) >= 11 is 4.01. The van der Waals surface area contributed by atoms with Gasteiger partial charge in [0.1, 0.15) is 0 Å². The third-order valence-corrected chi connectivity index (χ3v) is 6.63. The molecule has 0 saturated carbocycles. The molecule has 1 aliphatic carbocycles. The second kappa shape index (κ2) is 6.15. The Kier molecular flexibility index (Phi) is 4.50. The first-order valence-corrected chi connectivity index (χ1v) is 9.61. The maximum atomic E-state index is 4.75. The van der Waals surface area contributed by atoms with Crippen LogP contribution in [0.2, 0.25) is 0 Å². The van der Waals surface area contributed by atoms with Crippen LogP contribution in [0.25, 0.3) is 0 Å². The number of thiazole rings is 1. The van der Waals surface area contributed by atoms with Crippen molar-refractivity contribution < 1.29 is 0 Å². The van der Waals surface area contributed by atoms with Gasteiger partial charge < -0.3 is 0 Å². The quantitative estimate of drug-likeness (QED) is 0.819. The molecule has 2 heterocycles. The molecule has 0 radical (unpaired) electrons. The van der Waals surface area contributed by atoms with Crippen LogP contribution in [0.5, 0.6) is 0 Å². The van der Waals surface area contributed by atoms with E-state index in [4.69, 9.17) is 4.98 Å². The number of likely N-dealkylation sites (tertiary alicyclic amines) is 1. The molecule has 0 amide bonds. The average molecular weight is 297 g/mol.